The third-order valence-electron chi connectivity index (χ3n) is 9.79. The lowest BCUT2D eigenvalue weighted by atomic mass is 9.97. The van der Waals surface area contributed by atoms with Gasteiger partial charge in [0, 0.05) is 23.7 Å². The van der Waals surface area contributed by atoms with Crippen molar-refractivity contribution < 1.29 is 41.9 Å². The molecule has 5 aromatic carbocycles. The number of methoxy groups -OCH3 is 1. The van der Waals surface area contributed by atoms with Crippen molar-refractivity contribution in [3.05, 3.63) is 184 Å². The number of nitrogens with one attached hydrogen (secondary N) is 1. The lowest BCUT2D eigenvalue weighted by molar-refractivity contribution is -0.310. The Morgan fingerprint density at radius 1 is 0.632 bits per heavy atom. The minimum Gasteiger partial charge on any atom is -0.494 e. The topological polar surface area (TPSA) is 93.3 Å². The number of benzene rings is 5. The summed E-state index contributed by atoms with van der Waals surface area (Å²) in [6.45, 7) is 3.00. The van der Waals surface area contributed by atoms with Crippen molar-refractivity contribution in [2.75, 3.05) is 13.7 Å². The smallest absolute Gasteiger partial charge is 0.238 e. The van der Waals surface area contributed by atoms with Gasteiger partial charge in [-0.15, -0.1) is 5.10 Å². The van der Waals surface area contributed by atoms with E-state index in [0.717, 1.165) is 34.4 Å². The second kappa shape index (κ2) is 19.6. The highest BCUT2D eigenvalue weighted by atomic mass is 19.1. The van der Waals surface area contributed by atoms with Gasteiger partial charge in [0.25, 0.3) is 0 Å². The number of halogens is 2. The zero-order valence-corrected chi connectivity index (χ0v) is 31.9. The lowest BCUT2D eigenvalue weighted by Crippen LogP contribution is -2.62. The van der Waals surface area contributed by atoms with Gasteiger partial charge in [0.2, 0.25) is 12.2 Å². The van der Waals surface area contributed by atoms with Crippen molar-refractivity contribution in [3.8, 4) is 11.6 Å². The van der Waals surface area contributed by atoms with Crippen LogP contribution >= 0.6 is 0 Å². The van der Waals surface area contributed by atoms with Gasteiger partial charge in [-0.3, -0.25) is 5.10 Å². The molecule has 7 rings (SSSR count). The zero-order valence-electron chi connectivity index (χ0n) is 31.9. The molecular formula is C46H46F2N2O7. The molecule has 0 amide bonds. The normalized spacial score (nSPS) is 19.3. The van der Waals surface area contributed by atoms with Crippen molar-refractivity contribution in [1.29, 1.82) is 0 Å². The van der Waals surface area contributed by atoms with Gasteiger partial charge < -0.3 is 33.2 Å². The Hall–Kier alpha value is -5.43. The molecule has 2 heterocycles. The Labute approximate surface area is 331 Å². The van der Waals surface area contributed by atoms with E-state index < -0.39 is 42.3 Å². The van der Waals surface area contributed by atoms with Crippen molar-refractivity contribution in [2.45, 2.75) is 70.5 Å². The Morgan fingerprint density at radius 2 is 1.14 bits per heavy atom. The average molecular weight is 777 g/mol. The molecule has 1 fully saturated rings. The number of aromatic nitrogens is 2. The molecule has 0 spiro atoms. The van der Waals surface area contributed by atoms with Crippen LogP contribution < -0.4 is 9.47 Å². The van der Waals surface area contributed by atoms with Gasteiger partial charge in [-0.25, -0.2) is 8.78 Å². The molecule has 1 aliphatic heterocycles. The number of rotatable bonds is 18. The molecule has 5 atom stereocenters. The first kappa shape index (κ1) is 39.8. The van der Waals surface area contributed by atoms with Gasteiger partial charge in [0.05, 0.1) is 40.1 Å². The van der Waals surface area contributed by atoms with E-state index in [1.165, 1.54) is 7.11 Å². The fourth-order valence-electron chi connectivity index (χ4n) is 6.74. The highest BCUT2D eigenvalue weighted by molar-refractivity contribution is 5.39. The third kappa shape index (κ3) is 10.5. The average Bonchev–Trinajstić information content (AvgIpc) is 3.59. The molecule has 1 aliphatic rings. The van der Waals surface area contributed by atoms with E-state index in [1.54, 1.807) is 6.92 Å². The summed E-state index contributed by atoms with van der Waals surface area (Å²) in [7, 11) is 1.29. The number of aromatic amines is 1. The summed E-state index contributed by atoms with van der Waals surface area (Å²) in [6, 6.07) is 41.5. The summed E-state index contributed by atoms with van der Waals surface area (Å²) < 4.78 is 75.1. The van der Waals surface area contributed by atoms with E-state index in [4.69, 9.17) is 33.2 Å². The minimum atomic E-state index is -1.10. The number of hydrogen-bond donors (Lipinski definition) is 1. The Kier molecular flexibility index (Phi) is 13.7. The van der Waals surface area contributed by atoms with Gasteiger partial charge in [-0.05, 0) is 40.8 Å². The minimum absolute atomic E-state index is 0.0208. The molecule has 0 aliphatic carbocycles. The van der Waals surface area contributed by atoms with E-state index in [-0.39, 0.29) is 50.0 Å². The summed E-state index contributed by atoms with van der Waals surface area (Å²) in [5.74, 6) is -1.34. The first-order valence-corrected chi connectivity index (χ1v) is 18.9. The van der Waals surface area contributed by atoms with Gasteiger partial charge in [0.15, 0.2) is 11.6 Å². The van der Waals surface area contributed by atoms with Crippen LogP contribution in [-0.4, -0.2) is 54.6 Å². The Bertz CT molecular complexity index is 2120. The summed E-state index contributed by atoms with van der Waals surface area (Å²) in [6.07, 6.45) is -4.10. The molecule has 9 nitrogen and oxygen atoms in total. The van der Waals surface area contributed by atoms with E-state index in [9.17, 15) is 4.39 Å². The molecule has 6 aromatic rings. The molecule has 1 saturated heterocycles. The Morgan fingerprint density at radius 3 is 1.68 bits per heavy atom. The maximum absolute atomic E-state index is 15.3. The SMILES string of the molecule is COc1cc(F)c(Cc2c(OC3O[C@H](COCc4ccccc4)[C@@H](OCc4ccccc4)[C@H](OCc4ccccc4)[C@H]3OCc3ccccc3)n[nH]c2C)cc1F. The van der Waals surface area contributed by atoms with Crippen LogP contribution in [0.2, 0.25) is 0 Å². The van der Waals surface area contributed by atoms with Crippen molar-refractivity contribution in [3.63, 3.8) is 0 Å². The number of hydrogen-bond acceptors (Lipinski definition) is 8. The van der Waals surface area contributed by atoms with Crippen LogP contribution in [0.3, 0.4) is 0 Å². The molecule has 296 valence electrons. The number of ether oxygens (including phenoxy) is 7. The molecule has 57 heavy (non-hydrogen) atoms. The highest BCUT2D eigenvalue weighted by Crippen LogP contribution is 2.34. The quantitative estimate of drug-likeness (QED) is 0.0928. The summed E-state index contributed by atoms with van der Waals surface area (Å²) >= 11 is 0. The van der Waals surface area contributed by atoms with Crippen LogP contribution in [0.15, 0.2) is 133 Å². The van der Waals surface area contributed by atoms with E-state index >= 15 is 4.39 Å². The van der Waals surface area contributed by atoms with Crippen molar-refractivity contribution in [1.82, 2.24) is 10.2 Å². The molecule has 1 aromatic heterocycles. The Balaban J connectivity index is 1.24. The largest absolute Gasteiger partial charge is 0.494 e. The maximum atomic E-state index is 15.3. The second-order valence-electron chi connectivity index (χ2n) is 13.8. The first-order valence-electron chi connectivity index (χ1n) is 18.9. The molecular weight excluding hydrogens is 731 g/mol. The van der Waals surface area contributed by atoms with Crippen molar-refractivity contribution in [2.24, 2.45) is 0 Å². The fraction of sp³-hybridized carbons (Fsp3) is 0.283. The predicted molar refractivity (Wildman–Crippen MR) is 209 cm³/mol. The number of H-pyrrole nitrogens is 1. The predicted octanol–water partition coefficient (Wildman–Crippen LogP) is 8.67. The molecule has 0 radical (unpaired) electrons. The van der Waals surface area contributed by atoms with Crippen LogP contribution in [0.4, 0.5) is 8.78 Å². The molecule has 0 bridgehead atoms. The molecule has 1 N–H and O–H groups in total. The monoisotopic (exact) mass is 776 g/mol. The van der Waals surface area contributed by atoms with Gasteiger partial charge in [0.1, 0.15) is 30.2 Å². The molecule has 11 heteroatoms. The summed E-state index contributed by atoms with van der Waals surface area (Å²) in [5.41, 5.74) is 5.11. The number of nitrogens with zero attached hydrogens (tertiary/aromatic N) is 1. The van der Waals surface area contributed by atoms with Crippen LogP contribution in [0, 0.1) is 18.6 Å². The van der Waals surface area contributed by atoms with E-state index in [1.807, 2.05) is 121 Å². The highest BCUT2D eigenvalue weighted by Gasteiger charge is 2.50. The van der Waals surface area contributed by atoms with Crippen LogP contribution in [-0.2, 0) is 56.5 Å². The molecule has 1 unspecified atom stereocenters. The first-order chi connectivity index (χ1) is 27.9. The summed E-state index contributed by atoms with van der Waals surface area (Å²) in [5, 5.41) is 7.41. The van der Waals surface area contributed by atoms with E-state index in [0.29, 0.717) is 17.9 Å². The van der Waals surface area contributed by atoms with E-state index in [2.05, 4.69) is 10.2 Å². The second-order valence-corrected chi connectivity index (χ2v) is 13.8. The van der Waals surface area contributed by atoms with Crippen LogP contribution in [0.25, 0.3) is 0 Å². The third-order valence-corrected chi connectivity index (χ3v) is 9.79. The van der Waals surface area contributed by atoms with Crippen molar-refractivity contribution >= 4 is 0 Å². The zero-order chi connectivity index (χ0) is 39.4. The van der Waals surface area contributed by atoms with Crippen LogP contribution in [0.5, 0.6) is 11.6 Å². The van der Waals surface area contributed by atoms with Crippen LogP contribution in [0.1, 0.15) is 39.1 Å². The summed E-state index contributed by atoms with van der Waals surface area (Å²) in [4.78, 5) is 0. The van der Waals surface area contributed by atoms with Gasteiger partial charge in [-0.1, -0.05) is 121 Å². The maximum Gasteiger partial charge on any atom is 0.238 e. The lowest BCUT2D eigenvalue weighted by Gasteiger charge is -2.45. The molecule has 0 saturated carbocycles. The number of aryl methyl sites for hydroxylation is 1. The standard InChI is InChI=1S/C46H46F2N2O7/c1-31-37(23-36-24-39(48)40(51-2)25-38(36)47)45(50-49-31)57-46-44(55-29-35-21-13-6-14-22-35)43(54-28-34-19-11-5-12-20-34)42(53-27-33-17-9-4-10-18-33)41(56-46)30-52-26-32-15-7-3-8-16-32/h3-22,24-25,41-44,46H,23,26-30H2,1-2H3,(H,49,50)/t41-,42-,43+,44-,46?/m1/s1. The fourth-order valence-corrected chi connectivity index (χ4v) is 6.74. The van der Waals surface area contributed by atoms with Gasteiger partial charge in [-0.2, -0.15) is 0 Å². The van der Waals surface area contributed by atoms with Gasteiger partial charge >= 0.3 is 0 Å².